The molecule has 3 heteroatoms. The number of hydrogen-bond acceptors (Lipinski definition) is 2. The predicted octanol–water partition coefficient (Wildman–Crippen LogP) is 1.36. The van der Waals surface area contributed by atoms with Crippen LogP contribution in [-0.2, 0) is 4.79 Å². The molecule has 0 saturated heterocycles. The van der Waals surface area contributed by atoms with Gasteiger partial charge >= 0.3 is 5.97 Å². The van der Waals surface area contributed by atoms with Crippen molar-refractivity contribution in [2.45, 2.75) is 20.3 Å². The van der Waals surface area contributed by atoms with Crippen LogP contribution in [0.3, 0.4) is 0 Å². The van der Waals surface area contributed by atoms with E-state index < -0.39 is 5.97 Å². The van der Waals surface area contributed by atoms with Gasteiger partial charge in [-0.3, -0.25) is 4.79 Å². The largest absolute Gasteiger partial charge is 0.481 e. The summed E-state index contributed by atoms with van der Waals surface area (Å²) < 4.78 is 0. The summed E-state index contributed by atoms with van der Waals surface area (Å²) in [6.45, 7) is 5.50. The monoisotopic (exact) mass is 171 g/mol. The minimum Gasteiger partial charge on any atom is -0.481 e. The number of nitrogens with zero attached hydrogens (tertiary/aromatic N) is 1. The normalized spacial score (nSPS) is 10.0. The second kappa shape index (κ2) is 5.77. The Bertz CT molecular complexity index is 171. The summed E-state index contributed by atoms with van der Waals surface area (Å²) in [6, 6.07) is 0. The Morgan fingerprint density at radius 2 is 2.08 bits per heavy atom. The number of hydrogen-bond donors (Lipinski definition) is 1. The van der Waals surface area contributed by atoms with Crippen LogP contribution in [0.4, 0.5) is 0 Å². The van der Waals surface area contributed by atoms with Crippen LogP contribution in [0.2, 0.25) is 0 Å². The number of likely N-dealkylation sites (N-methyl/N-ethyl adjacent to an activating group) is 1. The van der Waals surface area contributed by atoms with E-state index in [1.54, 1.807) is 0 Å². The van der Waals surface area contributed by atoms with E-state index in [1.807, 2.05) is 25.8 Å². The summed E-state index contributed by atoms with van der Waals surface area (Å²) in [5.41, 5.74) is 1.26. The maximum atomic E-state index is 10.2. The van der Waals surface area contributed by atoms with Gasteiger partial charge in [-0.05, 0) is 20.9 Å². The Morgan fingerprint density at radius 1 is 1.50 bits per heavy atom. The van der Waals surface area contributed by atoms with E-state index >= 15 is 0 Å². The molecule has 0 aromatic heterocycles. The standard InChI is InChI=1S/C9H17NO2/c1-8(2)4-6-10(3)7-5-9(11)12/h4H,5-7H2,1-3H3,(H,11,12). The first-order valence-electron chi connectivity index (χ1n) is 4.06. The smallest absolute Gasteiger partial charge is 0.304 e. The highest BCUT2D eigenvalue weighted by Crippen LogP contribution is 1.92. The molecule has 0 aromatic carbocycles. The van der Waals surface area contributed by atoms with Crippen molar-refractivity contribution in [2.24, 2.45) is 0 Å². The van der Waals surface area contributed by atoms with Crippen molar-refractivity contribution in [3.8, 4) is 0 Å². The molecule has 0 aromatic rings. The first-order valence-corrected chi connectivity index (χ1v) is 4.06. The number of rotatable bonds is 5. The van der Waals surface area contributed by atoms with E-state index in [0.29, 0.717) is 6.54 Å². The third-order valence-electron chi connectivity index (χ3n) is 1.52. The fourth-order valence-corrected chi connectivity index (χ4v) is 0.716. The highest BCUT2D eigenvalue weighted by Gasteiger charge is 1.99. The van der Waals surface area contributed by atoms with Crippen molar-refractivity contribution in [3.63, 3.8) is 0 Å². The molecule has 0 saturated carbocycles. The minimum absolute atomic E-state index is 0.215. The van der Waals surface area contributed by atoms with Crippen LogP contribution < -0.4 is 0 Å². The summed E-state index contributed by atoms with van der Waals surface area (Å²) in [7, 11) is 1.92. The Balaban J connectivity index is 3.53. The van der Waals surface area contributed by atoms with Gasteiger partial charge in [0.2, 0.25) is 0 Å². The van der Waals surface area contributed by atoms with Crippen molar-refractivity contribution in [1.29, 1.82) is 0 Å². The number of allylic oxidation sites excluding steroid dienone is 1. The van der Waals surface area contributed by atoms with Gasteiger partial charge in [-0.2, -0.15) is 0 Å². The van der Waals surface area contributed by atoms with E-state index in [1.165, 1.54) is 5.57 Å². The zero-order chi connectivity index (χ0) is 9.56. The van der Waals surface area contributed by atoms with E-state index in [-0.39, 0.29) is 6.42 Å². The van der Waals surface area contributed by atoms with Gasteiger partial charge < -0.3 is 10.0 Å². The van der Waals surface area contributed by atoms with Crippen LogP contribution in [0.1, 0.15) is 20.3 Å². The first kappa shape index (κ1) is 11.2. The van der Waals surface area contributed by atoms with Gasteiger partial charge in [-0.1, -0.05) is 11.6 Å². The molecular formula is C9H17NO2. The molecule has 1 N–H and O–H groups in total. The SMILES string of the molecule is CC(C)=CCN(C)CCC(=O)O. The Labute approximate surface area is 73.7 Å². The second-order valence-electron chi connectivity index (χ2n) is 3.19. The third-order valence-corrected chi connectivity index (χ3v) is 1.52. The molecule has 12 heavy (non-hydrogen) atoms. The minimum atomic E-state index is -0.737. The highest BCUT2D eigenvalue weighted by atomic mass is 16.4. The number of carbonyl (C=O) groups is 1. The molecule has 0 amide bonds. The van der Waals surface area contributed by atoms with Gasteiger partial charge in [0.05, 0.1) is 6.42 Å². The maximum absolute atomic E-state index is 10.2. The lowest BCUT2D eigenvalue weighted by atomic mass is 10.3. The summed E-state index contributed by atoms with van der Waals surface area (Å²) in [4.78, 5) is 12.2. The fraction of sp³-hybridized carbons (Fsp3) is 0.667. The van der Waals surface area contributed by atoms with Crippen molar-refractivity contribution >= 4 is 5.97 Å². The fourth-order valence-electron chi connectivity index (χ4n) is 0.716. The van der Waals surface area contributed by atoms with Crippen molar-refractivity contribution in [2.75, 3.05) is 20.1 Å². The summed E-state index contributed by atoms with van der Waals surface area (Å²) in [6.07, 6.45) is 2.30. The molecule has 0 radical (unpaired) electrons. The maximum Gasteiger partial charge on any atom is 0.304 e. The molecule has 0 heterocycles. The first-order chi connectivity index (χ1) is 5.52. The third kappa shape index (κ3) is 7.28. The van der Waals surface area contributed by atoms with Crippen molar-refractivity contribution in [1.82, 2.24) is 4.90 Å². The van der Waals surface area contributed by atoms with Crippen LogP contribution >= 0.6 is 0 Å². The lowest BCUT2D eigenvalue weighted by Gasteiger charge is -2.12. The molecule has 0 atom stereocenters. The predicted molar refractivity (Wildman–Crippen MR) is 49.2 cm³/mol. The van der Waals surface area contributed by atoms with E-state index in [9.17, 15) is 4.79 Å². The number of carboxylic acid groups (broad SMARTS) is 1. The lowest BCUT2D eigenvalue weighted by Crippen LogP contribution is -2.21. The zero-order valence-electron chi connectivity index (χ0n) is 8.00. The summed E-state index contributed by atoms with van der Waals surface area (Å²) >= 11 is 0. The van der Waals surface area contributed by atoms with Crippen molar-refractivity contribution in [3.05, 3.63) is 11.6 Å². The average molecular weight is 171 g/mol. The number of aliphatic carboxylic acids is 1. The topological polar surface area (TPSA) is 40.5 Å². The molecule has 0 fully saturated rings. The molecule has 0 aliphatic rings. The Hall–Kier alpha value is -0.830. The van der Waals surface area contributed by atoms with Crippen LogP contribution in [0, 0.1) is 0 Å². The van der Waals surface area contributed by atoms with Gasteiger partial charge in [0, 0.05) is 13.1 Å². The van der Waals surface area contributed by atoms with E-state index in [2.05, 4.69) is 6.08 Å². The molecule has 0 spiro atoms. The van der Waals surface area contributed by atoms with Gasteiger partial charge in [0.15, 0.2) is 0 Å². The van der Waals surface area contributed by atoms with Crippen LogP contribution in [0.15, 0.2) is 11.6 Å². The second-order valence-corrected chi connectivity index (χ2v) is 3.19. The lowest BCUT2D eigenvalue weighted by molar-refractivity contribution is -0.137. The van der Waals surface area contributed by atoms with Gasteiger partial charge in [0.25, 0.3) is 0 Å². The average Bonchev–Trinajstić information content (AvgIpc) is 1.96. The van der Waals surface area contributed by atoms with Crippen LogP contribution in [0.25, 0.3) is 0 Å². The molecule has 0 rings (SSSR count). The van der Waals surface area contributed by atoms with Gasteiger partial charge in [0.1, 0.15) is 0 Å². The van der Waals surface area contributed by atoms with Crippen molar-refractivity contribution < 1.29 is 9.90 Å². The molecule has 3 nitrogen and oxygen atoms in total. The molecule has 0 bridgehead atoms. The van der Waals surface area contributed by atoms with Crippen LogP contribution in [-0.4, -0.2) is 36.1 Å². The van der Waals surface area contributed by atoms with Crippen LogP contribution in [0.5, 0.6) is 0 Å². The van der Waals surface area contributed by atoms with Gasteiger partial charge in [-0.15, -0.1) is 0 Å². The molecule has 70 valence electrons. The highest BCUT2D eigenvalue weighted by molar-refractivity contribution is 5.66. The molecular weight excluding hydrogens is 154 g/mol. The molecule has 0 aliphatic heterocycles. The van der Waals surface area contributed by atoms with Gasteiger partial charge in [-0.25, -0.2) is 0 Å². The quantitative estimate of drug-likeness (QED) is 0.635. The molecule has 0 aliphatic carbocycles. The Morgan fingerprint density at radius 3 is 2.50 bits per heavy atom. The van der Waals surface area contributed by atoms with E-state index in [4.69, 9.17) is 5.11 Å². The summed E-state index contributed by atoms with van der Waals surface area (Å²) in [5.74, 6) is -0.737. The number of carboxylic acids is 1. The summed E-state index contributed by atoms with van der Waals surface area (Å²) in [5, 5.41) is 8.40. The molecule has 0 unspecified atom stereocenters. The van der Waals surface area contributed by atoms with E-state index in [0.717, 1.165) is 6.54 Å². The zero-order valence-corrected chi connectivity index (χ0v) is 8.00. The Kier molecular flexibility index (Phi) is 5.37.